The molecule has 1 saturated heterocycles. The van der Waals surface area contributed by atoms with Crippen LogP contribution in [0.2, 0.25) is 0 Å². The highest BCUT2D eigenvalue weighted by Crippen LogP contribution is 2.20. The molecule has 0 N–H and O–H groups in total. The molecule has 0 bridgehead atoms. The normalized spacial score (nSPS) is 15.4. The first-order valence-corrected chi connectivity index (χ1v) is 5.33. The number of hydrogen-bond acceptors (Lipinski definition) is 5. The summed E-state index contributed by atoms with van der Waals surface area (Å²) in [5.41, 5.74) is 0.143. The van der Waals surface area contributed by atoms with Gasteiger partial charge in [-0.2, -0.15) is 0 Å². The number of nitrogens with zero attached hydrogens (tertiary/aromatic N) is 2. The van der Waals surface area contributed by atoms with Gasteiger partial charge in [0.05, 0.1) is 6.61 Å². The van der Waals surface area contributed by atoms with Crippen molar-refractivity contribution in [3.63, 3.8) is 0 Å². The molecule has 0 unspecified atom stereocenters. The minimum absolute atomic E-state index is 0.143. The number of likely N-dealkylation sites (N-methyl/N-ethyl adjacent to an activating group) is 2. The summed E-state index contributed by atoms with van der Waals surface area (Å²) in [4.78, 5) is 27.0. The molecule has 1 aliphatic heterocycles. The van der Waals surface area contributed by atoms with E-state index >= 15 is 0 Å². The Morgan fingerprint density at radius 1 is 1.25 bits per heavy atom. The fourth-order valence-corrected chi connectivity index (χ4v) is 1.78. The van der Waals surface area contributed by atoms with Crippen LogP contribution in [0.25, 0.3) is 0 Å². The molecule has 0 radical (unpaired) electrons. The van der Waals surface area contributed by atoms with Crippen molar-refractivity contribution in [1.82, 2.24) is 9.80 Å². The molecule has 0 spiro atoms. The van der Waals surface area contributed by atoms with E-state index in [2.05, 4.69) is 0 Å². The largest absolute Gasteiger partial charge is 0.462 e. The van der Waals surface area contributed by atoms with Crippen LogP contribution in [-0.4, -0.2) is 55.3 Å². The molecule has 90 valence electrons. The second-order valence-corrected chi connectivity index (χ2v) is 3.82. The van der Waals surface area contributed by atoms with Crippen LogP contribution in [0, 0.1) is 0 Å². The number of carbonyl (C=O) groups excluding carboxylic acids is 2. The Kier molecular flexibility index (Phi) is 3.93. The highest BCUT2D eigenvalue weighted by atomic mass is 16.5. The molecular weight excluding hydrogens is 208 g/mol. The Labute approximate surface area is 95.6 Å². The minimum atomic E-state index is -0.536. The van der Waals surface area contributed by atoms with Crippen LogP contribution in [0.4, 0.5) is 0 Å². The fourth-order valence-electron chi connectivity index (χ4n) is 1.78. The maximum absolute atomic E-state index is 11.7. The monoisotopic (exact) mass is 226 g/mol. The zero-order valence-electron chi connectivity index (χ0n) is 10.2. The summed E-state index contributed by atoms with van der Waals surface area (Å²) in [5.74, 6) is -0.134. The van der Waals surface area contributed by atoms with Gasteiger partial charge in [-0.25, -0.2) is 4.79 Å². The SMILES string of the molecule is CCOC(=O)C(C(C)=O)=C1N(C)CCN1C. The van der Waals surface area contributed by atoms with Gasteiger partial charge in [-0.1, -0.05) is 0 Å². The third-order valence-electron chi connectivity index (χ3n) is 2.55. The van der Waals surface area contributed by atoms with E-state index in [9.17, 15) is 9.59 Å². The first-order valence-electron chi connectivity index (χ1n) is 5.33. The van der Waals surface area contributed by atoms with Gasteiger partial charge in [0.2, 0.25) is 0 Å². The van der Waals surface area contributed by atoms with Crippen molar-refractivity contribution in [3.05, 3.63) is 11.4 Å². The van der Waals surface area contributed by atoms with Crippen molar-refractivity contribution in [2.24, 2.45) is 0 Å². The van der Waals surface area contributed by atoms with Crippen molar-refractivity contribution in [1.29, 1.82) is 0 Å². The maximum atomic E-state index is 11.7. The Morgan fingerprint density at radius 2 is 1.75 bits per heavy atom. The molecule has 5 nitrogen and oxygen atoms in total. The van der Waals surface area contributed by atoms with E-state index in [0.717, 1.165) is 13.1 Å². The molecule has 1 fully saturated rings. The van der Waals surface area contributed by atoms with Gasteiger partial charge in [0.15, 0.2) is 5.78 Å². The van der Waals surface area contributed by atoms with Gasteiger partial charge < -0.3 is 14.5 Å². The van der Waals surface area contributed by atoms with Gasteiger partial charge in [0.1, 0.15) is 11.4 Å². The van der Waals surface area contributed by atoms with Crippen LogP contribution in [0.1, 0.15) is 13.8 Å². The average molecular weight is 226 g/mol. The topological polar surface area (TPSA) is 49.9 Å². The minimum Gasteiger partial charge on any atom is -0.462 e. The molecule has 1 aliphatic rings. The van der Waals surface area contributed by atoms with Crippen LogP contribution >= 0.6 is 0 Å². The van der Waals surface area contributed by atoms with E-state index < -0.39 is 5.97 Å². The molecule has 0 aromatic carbocycles. The Balaban J connectivity index is 3.13. The quantitative estimate of drug-likeness (QED) is 0.298. The van der Waals surface area contributed by atoms with Crippen LogP contribution < -0.4 is 0 Å². The standard InChI is InChI=1S/C11H18N2O3/c1-5-16-11(15)9(8(2)14)10-12(3)6-7-13(10)4/h5-7H2,1-4H3. The Morgan fingerprint density at radius 3 is 2.12 bits per heavy atom. The van der Waals surface area contributed by atoms with Crippen LogP contribution in [0.3, 0.4) is 0 Å². The van der Waals surface area contributed by atoms with E-state index in [1.54, 1.807) is 6.92 Å². The smallest absolute Gasteiger partial charge is 0.345 e. The summed E-state index contributed by atoms with van der Waals surface area (Å²) < 4.78 is 4.90. The average Bonchev–Trinajstić information content (AvgIpc) is 2.50. The lowest BCUT2D eigenvalue weighted by Gasteiger charge is -2.20. The van der Waals surface area contributed by atoms with E-state index in [-0.39, 0.29) is 18.0 Å². The predicted molar refractivity (Wildman–Crippen MR) is 59.6 cm³/mol. The van der Waals surface area contributed by atoms with Gasteiger partial charge in [-0.3, -0.25) is 4.79 Å². The lowest BCUT2D eigenvalue weighted by molar-refractivity contribution is -0.140. The zero-order chi connectivity index (χ0) is 12.3. The van der Waals surface area contributed by atoms with Gasteiger partial charge in [0, 0.05) is 27.2 Å². The number of ketones is 1. The predicted octanol–water partition coefficient (Wildman–Crippen LogP) is 0.227. The van der Waals surface area contributed by atoms with Crippen molar-refractivity contribution in [2.45, 2.75) is 13.8 Å². The van der Waals surface area contributed by atoms with E-state index in [1.807, 2.05) is 23.9 Å². The summed E-state index contributed by atoms with van der Waals surface area (Å²) >= 11 is 0. The van der Waals surface area contributed by atoms with Crippen molar-refractivity contribution < 1.29 is 14.3 Å². The summed E-state index contributed by atoms with van der Waals surface area (Å²) in [6.07, 6.45) is 0. The molecule has 1 heterocycles. The first-order chi connectivity index (χ1) is 7.49. The molecule has 5 heteroatoms. The van der Waals surface area contributed by atoms with E-state index in [0.29, 0.717) is 5.82 Å². The second-order valence-electron chi connectivity index (χ2n) is 3.82. The Hall–Kier alpha value is -1.52. The molecule has 0 saturated carbocycles. The molecule has 0 aromatic heterocycles. The molecule has 0 atom stereocenters. The van der Waals surface area contributed by atoms with Crippen molar-refractivity contribution in [2.75, 3.05) is 33.8 Å². The molecule has 16 heavy (non-hydrogen) atoms. The van der Waals surface area contributed by atoms with Gasteiger partial charge in [0.25, 0.3) is 0 Å². The first kappa shape index (κ1) is 12.5. The van der Waals surface area contributed by atoms with Crippen LogP contribution in [-0.2, 0) is 14.3 Å². The molecule has 0 amide bonds. The third-order valence-corrected chi connectivity index (χ3v) is 2.55. The Bertz CT molecular complexity index is 324. The highest BCUT2D eigenvalue weighted by Gasteiger charge is 2.29. The van der Waals surface area contributed by atoms with Crippen molar-refractivity contribution >= 4 is 11.8 Å². The molecule has 1 rings (SSSR count). The van der Waals surface area contributed by atoms with E-state index in [4.69, 9.17) is 4.74 Å². The molecular formula is C11H18N2O3. The number of Topliss-reactive ketones (excluding diaryl/α,β-unsaturated/α-hetero) is 1. The summed E-state index contributed by atoms with van der Waals surface area (Å²) in [6, 6.07) is 0. The lowest BCUT2D eigenvalue weighted by atomic mass is 10.2. The summed E-state index contributed by atoms with van der Waals surface area (Å²) in [7, 11) is 3.72. The molecule has 0 aliphatic carbocycles. The highest BCUT2D eigenvalue weighted by molar-refractivity contribution is 6.16. The number of carbonyl (C=O) groups is 2. The second kappa shape index (κ2) is 5.01. The van der Waals surface area contributed by atoms with Crippen LogP contribution in [0.15, 0.2) is 11.4 Å². The maximum Gasteiger partial charge on any atom is 0.345 e. The number of rotatable bonds is 3. The number of ether oxygens (including phenoxy) is 1. The van der Waals surface area contributed by atoms with E-state index in [1.165, 1.54) is 6.92 Å². The van der Waals surface area contributed by atoms with Crippen LogP contribution in [0.5, 0.6) is 0 Å². The summed E-state index contributed by atoms with van der Waals surface area (Å²) in [5, 5.41) is 0. The fraction of sp³-hybridized carbons (Fsp3) is 0.636. The summed E-state index contributed by atoms with van der Waals surface area (Å²) in [6.45, 7) is 5.00. The lowest BCUT2D eigenvalue weighted by Crippen LogP contribution is -2.26. The van der Waals surface area contributed by atoms with Gasteiger partial charge in [-0.15, -0.1) is 0 Å². The molecule has 0 aromatic rings. The van der Waals surface area contributed by atoms with Gasteiger partial charge >= 0.3 is 5.97 Å². The van der Waals surface area contributed by atoms with Gasteiger partial charge in [-0.05, 0) is 13.8 Å². The zero-order valence-corrected chi connectivity index (χ0v) is 10.2. The van der Waals surface area contributed by atoms with Crippen molar-refractivity contribution in [3.8, 4) is 0 Å². The number of esters is 1. The third kappa shape index (κ3) is 2.35. The number of hydrogen-bond donors (Lipinski definition) is 0.